The van der Waals surface area contributed by atoms with Gasteiger partial charge in [-0.3, -0.25) is 19.5 Å². The Bertz CT molecular complexity index is 643. The number of methoxy groups -OCH3 is 1. The lowest BCUT2D eigenvalue weighted by molar-refractivity contribution is -0.144. The van der Waals surface area contributed by atoms with Crippen LogP contribution in [0.3, 0.4) is 0 Å². The first-order valence-corrected chi connectivity index (χ1v) is 4.55. The van der Waals surface area contributed by atoms with E-state index in [0.717, 1.165) is 4.57 Å². The minimum absolute atomic E-state index is 0.243. The molecule has 0 aliphatic carbocycles. The Labute approximate surface area is 88.2 Å². The molecule has 3 N–H and O–H groups in total. The van der Waals surface area contributed by atoms with Crippen molar-refractivity contribution in [3.63, 3.8) is 0 Å². The van der Waals surface area contributed by atoms with Crippen LogP contribution in [0.25, 0.3) is 11.3 Å². The summed E-state index contributed by atoms with van der Waals surface area (Å²) in [7, 11) is 1.23. The summed E-state index contributed by atoms with van der Waals surface area (Å²) < 4.78 is 5.66. The molecule has 0 aromatic carbocycles. The molecule has 0 radical (unpaired) electrons. The van der Waals surface area contributed by atoms with E-state index in [1.807, 2.05) is 0 Å². The lowest BCUT2D eigenvalue weighted by atomic mass is 10.3. The van der Waals surface area contributed by atoms with E-state index in [0.29, 0.717) is 0 Å². The van der Waals surface area contributed by atoms with Crippen LogP contribution >= 0.6 is 0 Å². The van der Waals surface area contributed by atoms with Crippen molar-refractivity contribution in [2.24, 2.45) is 0 Å². The Morgan fingerprint density at radius 3 is 2.62 bits per heavy atom. The molecule has 1 atom stereocenters. The number of rotatable bonds is 2. The molecular weight excluding hydrogens is 216 g/mol. The highest BCUT2D eigenvalue weighted by atomic mass is 16.5. The predicted molar refractivity (Wildman–Crippen MR) is 54.3 cm³/mol. The normalized spacial score (nSPS) is 12.9. The van der Waals surface area contributed by atoms with Gasteiger partial charge in [0, 0.05) is 0 Å². The standard InChI is InChI=1S/C8H10N4O4/c1-3(6(13)16-2)12-5-4(10-8(12)15)9-7(14)11-5/h3H,1-2H3,(H,10,15)(H2,9,11,14). The van der Waals surface area contributed by atoms with Gasteiger partial charge in [-0.25, -0.2) is 14.4 Å². The zero-order valence-electron chi connectivity index (χ0n) is 8.66. The van der Waals surface area contributed by atoms with Gasteiger partial charge in [0.25, 0.3) is 0 Å². The summed E-state index contributed by atoms with van der Waals surface area (Å²) in [5.41, 5.74) is -0.443. The SMILES string of the molecule is COC(=O)C(C)n1c(=O)[nH]c2[nH]c(=O)[nH]c21. The van der Waals surface area contributed by atoms with Gasteiger partial charge >= 0.3 is 17.3 Å². The smallest absolute Gasteiger partial charge is 0.329 e. The summed E-state index contributed by atoms with van der Waals surface area (Å²) in [4.78, 5) is 41.1. The van der Waals surface area contributed by atoms with Crippen LogP contribution in [0.5, 0.6) is 0 Å². The van der Waals surface area contributed by atoms with Gasteiger partial charge < -0.3 is 4.74 Å². The van der Waals surface area contributed by atoms with E-state index in [2.05, 4.69) is 19.7 Å². The Morgan fingerprint density at radius 1 is 1.31 bits per heavy atom. The van der Waals surface area contributed by atoms with E-state index in [-0.39, 0.29) is 11.3 Å². The second-order valence-electron chi connectivity index (χ2n) is 3.30. The van der Waals surface area contributed by atoms with Gasteiger partial charge in [0.2, 0.25) is 0 Å². The van der Waals surface area contributed by atoms with E-state index in [1.165, 1.54) is 14.0 Å². The van der Waals surface area contributed by atoms with Crippen molar-refractivity contribution in [1.82, 2.24) is 19.5 Å². The fourth-order valence-corrected chi connectivity index (χ4v) is 1.56. The predicted octanol–water partition coefficient (Wildman–Crippen LogP) is -0.920. The van der Waals surface area contributed by atoms with Crippen LogP contribution in [0.15, 0.2) is 9.59 Å². The Kier molecular flexibility index (Phi) is 2.18. The number of nitrogens with one attached hydrogen (secondary N) is 3. The molecule has 0 aliphatic rings. The maximum absolute atomic E-state index is 11.5. The minimum atomic E-state index is -0.808. The number of hydrogen-bond donors (Lipinski definition) is 3. The van der Waals surface area contributed by atoms with Gasteiger partial charge in [-0.1, -0.05) is 0 Å². The molecular formula is C8H10N4O4. The van der Waals surface area contributed by atoms with Crippen LogP contribution in [0.4, 0.5) is 0 Å². The van der Waals surface area contributed by atoms with Gasteiger partial charge in [-0.2, -0.15) is 0 Å². The van der Waals surface area contributed by atoms with Crippen molar-refractivity contribution < 1.29 is 9.53 Å². The van der Waals surface area contributed by atoms with Crippen LogP contribution in [0.1, 0.15) is 13.0 Å². The Morgan fingerprint density at radius 2 is 2.00 bits per heavy atom. The van der Waals surface area contributed by atoms with Crippen molar-refractivity contribution in [1.29, 1.82) is 0 Å². The van der Waals surface area contributed by atoms with E-state index >= 15 is 0 Å². The van der Waals surface area contributed by atoms with Crippen molar-refractivity contribution in [3.05, 3.63) is 21.0 Å². The van der Waals surface area contributed by atoms with Crippen LogP contribution in [-0.2, 0) is 9.53 Å². The molecule has 16 heavy (non-hydrogen) atoms. The van der Waals surface area contributed by atoms with Gasteiger partial charge in [0.05, 0.1) is 7.11 Å². The molecule has 8 nitrogen and oxygen atoms in total. The minimum Gasteiger partial charge on any atom is -0.467 e. The summed E-state index contributed by atoms with van der Waals surface area (Å²) in [6, 6.07) is -0.808. The Balaban J connectivity index is 2.66. The number of hydrogen-bond acceptors (Lipinski definition) is 4. The second kappa shape index (κ2) is 3.40. The molecule has 2 heterocycles. The highest BCUT2D eigenvalue weighted by Crippen LogP contribution is 2.10. The number of nitrogens with zero attached hydrogens (tertiary/aromatic N) is 1. The molecule has 0 spiro atoms. The van der Waals surface area contributed by atoms with Gasteiger partial charge in [-0.05, 0) is 6.92 Å². The van der Waals surface area contributed by atoms with Crippen LogP contribution < -0.4 is 11.4 Å². The van der Waals surface area contributed by atoms with E-state index in [4.69, 9.17) is 0 Å². The molecule has 86 valence electrons. The molecule has 0 amide bonds. The van der Waals surface area contributed by atoms with Gasteiger partial charge in [0.1, 0.15) is 6.04 Å². The van der Waals surface area contributed by atoms with E-state index < -0.39 is 23.4 Å². The average Bonchev–Trinajstić information content (AvgIpc) is 2.70. The van der Waals surface area contributed by atoms with Crippen LogP contribution in [0, 0.1) is 0 Å². The number of esters is 1. The topological polar surface area (TPSA) is 113 Å². The summed E-state index contributed by atoms with van der Waals surface area (Å²) >= 11 is 0. The molecule has 0 bridgehead atoms. The molecule has 2 aromatic heterocycles. The number of carbonyl (C=O) groups is 1. The highest BCUT2D eigenvalue weighted by molar-refractivity contribution is 5.76. The van der Waals surface area contributed by atoms with Crippen molar-refractivity contribution in [2.45, 2.75) is 13.0 Å². The van der Waals surface area contributed by atoms with Crippen LogP contribution in [-0.4, -0.2) is 32.6 Å². The number of ether oxygens (including phenoxy) is 1. The highest BCUT2D eigenvalue weighted by Gasteiger charge is 2.21. The van der Waals surface area contributed by atoms with Crippen molar-refractivity contribution >= 4 is 17.3 Å². The van der Waals surface area contributed by atoms with Crippen molar-refractivity contribution in [2.75, 3.05) is 7.11 Å². The third kappa shape index (κ3) is 1.35. The number of H-pyrrole nitrogens is 3. The van der Waals surface area contributed by atoms with E-state index in [1.54, 1.807) is 0 Å². The molecule has 0 aliphatic heterocycles. The largest absolute Gasteiger partial charge is 0.467 e. The monoisotopic (exact) mass is 226 g/mol. The number of aromatic nitrogens is 4. The fourth-order valence-electron chi connectivity index (χ4n) is 1.56. The number of carbonyl (C=O) groups excluding carboxylic acids is 1. The second-order valence-corrected chi connectivity index (χ2v) is 3.30. The summed E-state index contributed by atoms with van der Waals surface area (Å²) in [6.45, 7) is 1.51. The summed E-state index contributed by atoms with van der Waals surface area (Å²) in [5, 5.41) is 0. The molecule has 2 rings (SSSR count). The Hall–Kier alpha value is -2.25. The number of imidazole rings is 2. The zero-order chi connectivity index (χ0) is 11.9. The first-order chi connectivity index (χ1) is 7.54. The maximum Gasteiger partial charge on any atom is 0.329 e. The first-order valence-electron chi connectivity index (χ1n) is 4.55. The molecule has 8 heteroatoms. The fraction of sp³-hybridized carbons (Fsp3) is 0.375. The third-order valence-electron chi connectivity index (χ3n) is 2.33. The maximum atomic E-state index is 11.5. The molecule has 1 unspecified atom stereocenters. The first kappa shape index (κ1) is 10.3. The summed E-state index contributed by atoms with van der Waals surface area (Å²) in [6.07, 6.45) is 0. The number of aromatic amines is 3. The van der Waals surface area contributed by atoms with Crippen molar-refractivity contribution in [3.8, 4) is 0 Å². The molecule has 0 saturated heterocycles. The number of fused-ring (bicyclic) bond motifs is 1. The van der Waals surface area contributed by atoms with Gasteiger partial charge in [0.15, 0.2) is 11.3 Å². The lowest BCUT2D eigenvalue weighted by Crippen LogP contribution is -2.27. The quantitative estimate of drug-likeness (QED) is 0.574. The van der Waals surface area contributed by atoms with Crippen LogP contribution in [0.2, 0.25) is 0 Å². The molecule has 2 aromatic rings. The van der Waals surface area contributed by atoms with Gasteiger partial charge in [-0.15, -0.1) is 0 Å². The van der Waals surface area contributed by atoms with E-state index in [9.17, 15) is 14.4 Å². The lowest BCUT2D eigenvalue weighted by Gasteiger charge is -2.09. The summed E-state index contributed by atoms with van der Waals surface area (Å²) in [5.74, 6) is -0.565. The molecule has 0 fully saturated rings. The zero-order valence-corrected chi connectivity index (χ0v) is 8.66. The molecule has 0 saturated carbocycles. The third-order valence-corrected chi connectivity index (χ3v) is 2.33. The average molecular weight is 226 g/mol.